The fourth-order valence-corrected chi connectivity index (χ4v) is 2.72. The lowest BCUT2D eigenvalue weighted by Crippen LogP contribution is -2.20. The molecule has 0 aromatic heterocycles. The lowest BCUT2D eigenvalue weighted by Gasteiger charge is -2.16. The first-order valence-corrected chi connectivity index (χ1v) is 8.45. The number of amides is 2. The molecule has 0 radical (unpaired) electrons. The summed E-state index contributed by atoms with van der Waals surface area (Å²) in [7, 11) is 2.79. The van der Waals surface area contributed by atoms with E-state index in [0.717, 1.165) is 11.1 Å². The monoisotopic (exact) mass is 386 g/mol. The van der Waals surface area contributed by atoms with Crippen molar-refractivity contribution in [1.82, 2.24) is 5.32 Å². The Labute approximate surface area is 162 Å². The van der Waals surface area contributed by atoms with E-state index in [0.29, 0.717) is 22.6 Å². The Hall–Kier alpha value is -3.55. The van der Waals surface area contributed by atoms with Crippen LogP contribution in [0, 0.1) is 0 Å². The zero-order valence-electron chi connectivity index (χ0n) is 15.9. The number of hydrogen-bond donors (Lipinski definition) is 3. The highest BCUT2D eigenvalue weighted by Crippen LogP contribution is 2.35. The first kappa shape index (κ1) is 20.8. The quantitative estimate of drug-likeness (QED) is 0.674. The Morgan fingerprint density at radius 2 is 1.79 bits per heavy atom. The molecule has 0 saturated heterocycles. The molecule has 0 aliphatic rings. The summed E-state index contributed by atoms with van der Waals surface area (Å²) >= 11 is 0. The topological polar surface area (TPSA) is 114 Å². The number of ether oxygens (including phenoxy) is 2. The van der Waals surface area contributed by atoms with Crippen LogP contribution in [0.25, 0.3) is 11.1 Å². The summed E-state index contributed by atoms with van der Waals surface area (Å²) in [5.74, 6) is -0.581. The molecule has 0 heterocycles. The van der Waals surface area contributed by atoms with Crippen LogP contribution in [0.4, 0.5) is 10.5 Å². The molecule has 0 saturated carbocycles. The number of hydrogen-bond acceptors (Lipinski definition) is 5. The van der Waals surface area contributed by atoms with Gasteiger partial charge in [-0.25, -0.2) is 4.79 Å². The number of methoxy groups -OCH3 is 2. The SMILES string of the molecule is COC(=O)Nc1ccc(-c2cc(CC(=O)O)ccc2OC)c(CNC(C)=O)c1. The molecule has 2 rings (SSSR count). The van der Waals surface area contributed by atoms with Gasteiger partial charge in [0.1, 0.15) is 5.75 Å². The molecule has 8 heteroatoms. The van der Waals surface area contributed by atoms with E-state index in [1.165, 1.54) is 21.1 Å². The third kappa shape index (κ3) is 5.47. The Kier molecular flexibility index (Phi) is 6.97. The molecule has 0 bridgehead atoms. The van der Waals surface area contributed by atoms with E-state index >= 15 is 0 Å². The van der Waals surface area contributed by atoms with E-state index in [1.54, 1.807) is 36.4 Å². The van der Waals surface area contributed by atoms with Gasteiger partial charge in [0, 0.05) is 24.7 Å². The van der Waals surface area contributed by atoms with Crippen molar-refractivity contribution < 1.29 is 29.0 Å². The van der Waals surface area contributed by atoms with E-state index in [1.807, 2.05) is 0 Å². The van der Waals surface area contributed by atoms with Gasteiger partial charge in [0.05, 0.1) is 20.6 Å². The second-order valence-corrected chi connectivity index (χ2v) is 6.00. The summed E-state index contributed by atoms with van der Waals surface area (Å²) in [6.07, 6.45) is -0.737. The molecule has 0 unspecified atom stereocenters. The van der Waals surface area contributed by atoms with Crippen molar-refractivity contribution >= 4 is 23.7 Å². The number of benzene rings is 2. The minimum atomic E-state index is -0.938. The smallest absolute Gasteiger partial charge is 0.411 e. The standard InChI is InChI=1S/C20H22N2O6/c1-12(23)21-11-14-10-15(22-20(26)28-3)5-6-16(14)17-8-13(9-19(24)25)4-7-18(17)27-2/h4-8,10H,9,11H2,1-3H3,(H,21,23)(H,22,26)(H,24,25). The van der Waals surface area contributed by atoms with Crippen molar-refractivity contribution in [2.45, 2.75) is 19.9 Å². The van der Waals surface area contributed by atoms with Crippen LogP contribution in [0.3, 0.4) is 0 Å². The molecule has 2 aromatic rings. The molecular formula is C20H22N2O6. The molecule has 2 aromatic carbocycles. The van der Waals surface area contributed by atoms with Crippen molar-refractivity contribution in [3.63, 3.8) is 0 Å². The predicted octanol–water partition coefficient (Wildman–Crippen LogP) is 2.80. The van der Waals surface area contributed by atoms with Crippen molar-refractivity contribution in [1.29, 1.82) is 0 Å². The number of carbonyl (C=O) groups is 3. The van der Waals surface area contributed by atoms with Gasteiger partial charge in [-0.05, 0) is 41.0 Å². The van der Waals surface area contributed by atoms with Crippen LogP contribution in [0.2, 0.25) is 0 Å². The molecule has 0 aliphatic heterocycles. The molecule has 0 spiro atoms. The molecule has 8 nitrogen and oxygen atoms in total. The van der Waals surface area contributed by atoms with E-state index in [9.17, 15) is 14.4 Å². The van der Waals surface area contributed by atoms with E-state index in [4.69, 9.17) is 9.84 Å². The molecule has 148 valence electrons. The van der Waals surface area contributed by atoms with Crippen LogP contribution in [-0.2, 0) is 27.3 Å². The Balaban J connectivity index is 2.53. The summed E-state index contributed by atoms with van der Waals surface area (Å²) in [5.41, 5.74) is 3.26. The number of carboxylic acid groups (broad SMARTS) is 1. The molecule has 3 N–H and O–H groups in total. The number of carboxylic acids is 1. The maximum absolute atomic E-state index is 11.5. The van der Waals surface area contributed by atoms with Gasteiger partial charge in [0.15, 0.2) is 0 Å². The molecule has 2 amide bonds. The van der Waals surface area contributed by atoms with Gasteiger partial charge in [0.2, 0.25) is 5.91 Å². The van der Waals surface area contributed by atoms with Crippen molar-refractivity contribution in [3.8, 4) is 16.9 Å². The fraction of sp³-hybridized carbons (Fsp3) is 0.250. The van der Waals surface area contributed by atoms with Crippen LogP contribution in [0.15, 0.2) is 36.4 Å². The average molecular weight is 386 g/mol. The number of nitrogens with one attached hydrogen (secondary N) is 2. The predicted molar refractivity (Wildman–Crippen MR) is 103 cm³/mol. The normalized spacial score (nSPS) is 10.1. The molecule has 0 aliphatic carbocycles. The maximum Gasteiger partial charge on any atom is 0.411 e. The van der Waals surface area contributed by atoms with Gasteiger partial charge in [-0.3, -0.25) is 14.9 Å². The second kappa shape index (κ2) is 9.40. The summed E-state index contributed by atoms with van der Waals surface area (Å²) in [5, 5.41) is 14.4. The summed E-state index contributed by atoms with van der Waals surface area (Å²) in [6, 6.07) is 10.3. The Morgan fingerprint density at radius 1 is 1.04 bits per heavy atom. The van der Waals surface area contributed by atoms with E-state index in [-0.39, 0.29) is 18.9 Å². The highest BCUT2D eigenvalue weighted by Gasteiger charge is 2.14. The molecule has 0 fully saturated rings. The van der Waals surface area contributed by atoms with Crippen LogP contribution in [0.1, 0.15) is 18.1 Å². The minimum absolute atomic E-state index is 0.125. The Bertz CT molecular complexity index is 894. The molecular weight excluding hydrogens is 364 g/mol. The summed E-state index contributed by atoms with van der Waals surface area (Å²) < 4.78 is 10.0. The van der Waals surface area contributed by atoms with Gasteiger partial charge in [-0.1, -0.05) is 12.1 Å². The van der Waals surface area contributed by atoms with Crippen LogP contribution >= 0.6 is 0 Å². The van der Waals surface area contributed by atoms with Crippen LogP contribution in [0.5, 0.6) is 5.75 Å². The third-order valence-electron chi connectivity index (χ3n) is 3.97. The highest BCUT2D eigenvalue weighted by molar-refractivity contribution is 5.86. The first-order chi connectivity index (χ1) is 13.3. The first-order valence-electron chi connectivity index (χ1n) is 8.45. The summed E-state index contributed by atoms with van der Waals surface area (Å²) in [4.78, 5) is 33.9. The van der Waals surface area contributed by atoms with Crippen LogP contribution in [-0.4, -0.2) is 37.3 Å². The lowest BCUT2D eigenvalue weighted by molar-refractivity contribution is -0.136. The van der Waals surface area contributed by atoms with Gasteiger partial charge in [-0.15, -0.1) is 0 Å². The van der Waals surface area contributed by atoms with Gasteiger partial charge < -0.3 is 19.9 Å². The number of anilines is 1. The minimum Gasteiger partial charge on any atom is -0.496 e. The number of carbonyl (C=O) groups excluding carboxylic acids is 2. The Morgan fingerprint density at radius 3 is 2.39 bits per heavy atom. The van der Waals surface area contributed by atoms with Crippen molar-refractivity contribution in [3.05, 3.63) is 47.5 Å². The van der Waals surface area contributed by atoms with E-state index in [2.05, 4.69) is 15.4 Å². The van der Waals surface area contributed by atoms with E-state index < -0.39 is 12.1 Å². The summed E-state index contributed by atoms with van der Waals surface area (Å²) in [6.45, 7) is 1.62. The highest BCUT2D eigenvalue weighted by atomic mass is 16.5. The van der Waals surface area contributed by atoms with Crippen LogP contribution < -0.4 is 15.4 Å². The van der Waals surface area contributed by atoms with Gasteiger partial charge in [0.25, 0.3) is 0 Å². The number of rotatable bonds is 7. The van der Waals surface area contributed by atoms with Gasteiger partial charge >= 0.3 is 12.1 Å². The largest absolute Gasteiger partial charge is 0.496 e. The third-order valence-corrected chi connectivity index (χ3v) is 3.97. The maximum atomic E-state index is 11.5. The average Bonchev–Trinajstić information content (AvgIpc) is 2.65. The molecule has 0 atom stereocenters. The zero-order valence-corrected chi connectivity index (χ0v) is 15.9. The fourth-order valence-electron chi connectivity index (χ4n) is 2.72. The van der Waals surface area contributed by atoms with Crippen molar-refractivity contribution in [2.24, 2.45) is 0 Å². The number of aliphatic carboxylic acids is 1. The van der Waals surface area contributed by atoms with Crippen molar-refractivity contribution in [2.75, 3.05) is 19.5 Å². The lowest BCUT2D eigenvalue weighted by atomic mass is 9.95. The van der Waals surface area contributed by atoms with Gasteiger partial charge in [-0.2, -0.15) is 0 Å². The molecule has 28 heavy (non-hydrogen) atoms. The second-order valence-electron chi connectivity index (χ2n) is 6.00. The zero-order chi connectivity index (χ0) is 20.7.